The molecule has 2 amide bonds. The van der Waals surface area contributed by atoms with Crippen molar-refractivity contribution in [3.8, 4) is 22.9 Å². The van der Waals surface area contributed by atoms with Crippen molar-refractivity contribution in [2.75, 3.05) is 65.4 Å². The number of ether oxygens (including phenoxy) is 2. The van der Waals surface area contributed by atoms with Gasteiger partial charge < -0.3 is 29.6 Å². The Kier molecular flexibility index (Phi) is 9.21. The standard InChI is InChI=1S/C35H42N6O4/c1-36-34(42)26-18-28(19-26)41-32-22-24(10-11-31(32)38-33(41)25-20-29(44-2)23-30(21-25)45-3)35(43)37-12-7-13-39-14-16-40(17-15-39)27-8-5-4-6-9-27/h4-6,8-11,20-23,26,28H,7,12-19H2,1-3H3,(H,36,42)(H,37,43). The number of nitrogens with one attached hydrogen (secondary N) is 2. The molecule has 4 aromatic rings. The minimum atomic E-state index is -0.0972. The molecule has 1 aromatic heterocycles. The molecule has 2 N–H and O–H groups in total. The maximum Gasteiger partial charge on any atom is 0.251 e. The number of anilines is 1. The fraction of sp³-hybridized carbons (Fsp3) is 0.400. The molecule has 0 bridgehead atoms. The average Bonchev–Trinajstić information content (AvgIpc) is 3.44. The number of rotatable bonds is 11. The number of benzene rings is 3. The van der Waals surface area contributed by atoms with E-state index in [-0.39, 0.29) is 23.8 Å². The zero-order chi connectivity index (χ0) is 31.3. The normalized spacial score (nSPS) is 18.3. The molecule has 0 atom stereocenters. The quantitative estimate of drug-likeness (QED) is 0.244. The van der Waals surface area contributed by atoms with E-state index in [1.165, 1.54) is 5.69 Å². The summed E-state index contributed by atoms with van der Waals surface area (Å²) >= 11 is 0. The third-order valence-corrected chi connectivity index (χ3v) is 9.09. The van der Waals surface area contributed by atoms with Gasteiger partial charge in [-0.15, -0.1) is 0 Å². The summed E-state index contributed by atoms with van der Waals surface area (Å²) in [4.78, 5) is 35.5. The van der Waals surface area contributed by atoms with E-state index in [0.29, 0.717) is 36.4 Å². The van der Waals surface area contributed by atoms with Crippen LogP contribution in [0.1, 0.15) is 35.7 Å². The first-order chi connectivity index (χ1) is 22.0. The number of aromatic nitrogens is 2. The fourth-order valence-corrected chi connectivity index (χ4v) is 6.44. The molecule has 1 aliphatic heterocycles. The molecule has 1 aliphatic carbocycles. The van der Waals surface area contributed by atoms with Crippen molar-refractivity contribution in [1.29, 1.82) is 0 Å². The summed E-state index contributed by atoms with van der Waals surface area (Å²) in [6.07, 6.45) is 2.30. The summed E-state index contributed by atoms with van der Waals surface area (Å²) < 4.78 is 13.2. The molecule has 1 saturated heterocycles. The number of imidazole rings is 1. The number of amides is 2. The summed E-state index contributed by atoms with van der Waals surface area (Å²) in [5, 5.41) is 5.89. The van der Waals surface area contributed by atoms with Crippen LogP contribution in [-0.4, -0.2) is 86.8 Å². The third kappa shape index (κ3) is 6.61. The van der Waals surface area contributed by atoms with Crippen LogP contribution in [0.5, 0.6) is 11.5 Å². The maximum atomic E-state index is 13.3. The number of hydrogen-bond acceptors (Lipinski definition) is 7. The molecule has 1 saturated carbocycles. The second kappa shape index (κ2) is 13.6. The third-order valence-electron chi connectivity index (χ3n) is 9.09. The van der Waals surface area contributed by atoms with Crippen LogP contribution in [0.15, 0.2) is 66.7 Å². The monoisotopic (exact) mass is 610 g/mol. The first kappa shape index (κ1) is 30.5. The summed E-state index contributed by atoms with van der Waals surface area (Å²) in [5.74, 6) is 2.00. The number of fused-ring (bicyclic) bond motifs is 1. The smallest absolute Gasteiger partial charge is 0.251 e. The van der Waals surface area contributed by atoms with Crippen molar-refractivity contribution >= 4 is 28.5 Å². The van der Waals surface area contributed by atoms with Crippen LogP contribution in [0.25, 0.3) is 22.4 Å². The Balaban J connectivity index is 1.14. The molecule has 10 heteroatoms. The lowest BCUT2D eigenvalue weighted by Gasteiger charge is -2.36. The second-order valence-corrected chi connectivity index (χ2v) is 11.8. The predicted molar refractivity (Wildman–Crippen MR) is 176 cm³/mol. The van der Waals surface area contributed by atoms with Crippen LogP contribution in [-0.2, 0) is 4.79 Å². The van der Waals surface area contributed by atoms with Crippen molar-refractivity contribution in [3.05, 3.63) is 72.3 Å². The van der Waals surface area contributed by atoms with Crippen molar-refractivity contribution in [2.24, 2.45) is 5.92 Å². The lowest BCUT2D eigenvalue weighted by molar-refractivity contribution is -0.128. The average molecular weight is 611 g/mol. The minimum absolute atomic E-state index is 0.0436. The Bertz CT molecular complexity index is 1620. The number of hydrogen-bond donors (Lipinski definition) is 2. The first-order valence-electron chi connectivity index (χ1n) is 15.7. The van der Waals surface area contributed by atoms with Crippen LogP contribution in [0.2, 0.25) is 0 Å². The predicted octanol–water partition coefficient (Wildman–Crippen LogP) is 4.36. The van der Waals surface area contributed by atoms with Crippen LogP contribution >= 0.6 is 0 Å². The van der Waals surface area contributed by atoms with Crippen molar-refractivity contribution in [2.45, 2.75) is 25.3 Å². The topological polar surface area (TPSA) is 101 Å². The van der Waals surface area contributed by atoms with Gasteiger partial charge in [0.15, 0.2) is 0 Å². The molecule has 2 fully saturated rings. The molecule has 45 heavy (non-hydrogen) atoms. The highest BCUT2D eigenvalue weighted by molar-refractivity contribution is 5.98. The lowest BCUT2D eigenvalue weighted by atomic mass is 9.79. The van der Waals surface area contributed by atoms with Crippen LogP contribution < -0.4 is 25.0 Å². The highest BCUT2D eigenvalue weighted by atomic mass is 16.5. The molecule has 2 heterocycles. The zero-order valence-electron chi connectivity index (χ0n) is 26.3. The van der Waals surface area contributed by atoms with Crippen LogP contribution in [0, 0.1) is 5.92 Å². The van der Waals surface area contributed by atoms with Gasteiger partial charge in [-0.25, -0.2) is 4.98 Å². The second-order valence-electron chi connectivity index (χ2n) is 11.8. The maximum absolute atomic E-state index is 13.3. The molecule has 6 rings (SSSR count). The molecular formula is C35H42N6O4. The Morgan fingerprint density at radius 1 is 0.911 bits per heavy atom. The minimum Gasteiger partial charge on any atom is -0.497 e. The van der Waals surface area contributed by atoms with E-state index in [1.54, 1.807) is 21.3 Å². The Morgan fingerprint density at radius 3 is 2.29 bits per heavy atom. The Hall–Kier alpha value is -4.57. The molecule has 236 valence electrons. The first-order valence-corrected chi connectivity index (χ1v) is 15.7. The number of methoxy groups -OCH3 is 2. The summed E-state index contributed by atoms with van der Waals surface area (Å²) in [5.41, 5.74) is 4.39. The van der Waals surface area contributed by atoms with Gasteiger partial charge in [0, 0.05) is 74.6 Å². The molecule has 0 spiro atoms. The summed E-state index contributed by atoms with van der Waals surface area (Å²) in [6, 6.07) is 22.0. The van der Waals surface area contributed by atoms with Gasteiger partial charge in [0.25, 0.3) is 5.91 Å². The molecule has 2 aliphatic rings. The number of carbonyl (C=O) groups is 2. The molecule has 3 aromatic carbocycles. The zero-order valence-corrected chi connectivity index (χ0v) is 26.3. The molecule has 10 nitrogen and oxygen atoms in total. The van der Waals surface area contributed by atoms with E-state index in [0.717, 1.165) is 61.6 Å². The van der Waals surface area contributed by atoms with E-state index < -0.39 is 0 Å². The number of nitrogens with zero attached hydrogens (tertiary/aromatic N) is 4. The van der Waals surface area contributed by atoms with E-state index in [9.17, 15) is 9.59 Å². The van der Waals surface area contributed by atoms with Crippen LogP contribution in [0.4, 0.5) is 5.69 Å². The summed E-state index contributed by atoms with van der Waals surface area (Å²) in [6.45, 7) is 5.63. The van der Waals surface area contributed by atoms with E-state index >= 15 is 0 Å². The van der Waals surface area contributed by atoms with Crippen molar-refractivity contribution in [3.63, 3.8) is 0 Å². The van der Waals surface area contributed by atoms with Gasteiger partial charge in [-0.2, -0.15) is 0 Å². The highest BCUT2D eigenvalue weighted by Gasteiger charge is 2.37. The largest absolute Gasteiger partial charge is 0.497 e. The van der Waals surface area contributed by atoms with Gasteiger partial charge in [0.2, 0.25) is 5.91 Å². The Labute approximate surface area is 264 Å². The van der Waals surface area contributed by atoms with Crippen molar-refractivity contribution in [1.82, 2.24) is 25.1 Å². The molecule has 0 radical (unpaired) electrons. The van der Waals surface area contributed by atoms with Gasteiger partial charge in [0.1, 0.15) is 17.3 Å². The van der Waals surface area contributed by atoms with Crippen molar-refractivity contribution < 1.29 is 19.1 Å². The van der Waals surface area contributed by atoms with Gasteiger partial charge in [0.05, 0.1) is 25.3 Å². The van der Waals surface area contributed by atoms with Gasteiger partial charge in [-0.1, -0.05) is 18.2 Å². The van der Waals surface area contributed by atoms with Gasteiger partial charge in [-0.05, 0) is 68.3 Å². The van der Waals surface area contributed by atoms with Gasteiger partial charge in [-0.3, -0.25) is 14.5 Å². The SMILES string of the molecule is CNC(=O)C1CC(n2c(-c3cc(OC)cc(OC)c3)nc3ccc(C(=O)NCCCN4CCN(c5ccccc5)CC4)cc32)C1. The number of piperazine rings is 1. The van der Waals surface area contributed by atoms with E-state index in [1.807, 2.05) is 36.4 Å². The fourth-order valence-electron chi connectivity index (χ4n) is 6.44. The highest BCUT2D eigenvalue weighted by Crippen LogP contribution is 2.43. The molecule has 0 unspecified atom stereocenters. The number of para-hydroxylation sites is 1. The summed E-state index contributed by atoms with van der Waals surface area (Å²) in [7, 11) is 4.92. The van der Waals surface area contributed by atoms with E-state index in [4.69, 9.17) is 14.5 Å². The van der Waals surface area contributed by atoms with Gasteiger partial charge >= 0.3 is 0 Å². The molecular weight excluding hydrogens is 568 g/mol. The van der Waals surface area contributed by atoms with Crippen LogP contribution in [0.3, 0.4) is 0 Å². The lowest BCUT2D eigenvalue weighted by Crippen LogP contribution is -2.47. The Morgan fingerprint density at radius 2 is 1.62 bits per heavy atom. The van der Waals surface area contributed by atoms with E-state index in [2.05, 4.69) is 55.3 Å². The number of carbonyl (C=O) groups excluding carboxylic acids is 2.